The molecule has 0 fully saturated rings. The molecule has 2 aromatic heterocycles. The van der Waals surface area contributed by atoms with E-state index in [0.29, 0.717) is 17.4 Å². The van der Waals surface area contributed by atoms with E-state index in [0.717, 1.165) is 28.5 Å². The summed E-state index contributed by atoms with van der Waals surface area (Å²) < 4.78 is 0. The molecule has 148 valence electrons. The van der Waals surface area contributed by atoms with Crippen molar-refractivity contribution < 1.29 is 0 Å². The quantitative estimate of drug-likeness (QED) is 0.633. The van der Waals surface area contributed by atoms with E-state index in [1.807, 2.05) is 58.0 Å². The minimum atomic E-state index is -0.263. The molecule has 2 heterocycles. The van der Waals surface area contributed by atoms with E-state index in [-0.39, 0.29) is 6.04 Å². The first kappa shape index (κ1) is 23.2. The van der Waals surface area contributed by atoms with E-state index in [1.165, 1.54) is 0 Å². The van der Waals surface area contributed by atoms with Crippen molar-refractivity contribution in [1.29, 1.82) is 5.26 Å². The van der Waals surface area contributed by atoms with Gasteiger partial charge in [-0.05, 0) is 47.7 Å². The maximum Gasteiger partial charge on any atom is 0.152 e. The van der Waals surface area contributed by atoms with E-state index >= 15 is 0 Å². The van der Waals surface area contributed by atoms with Crippen molar-refractivity contribution in [3.63, 3.8) is 0 Å². The third-order valence-corrected chi connectivity index (χ3v) is 3.89. The van der Waals surface area contributed by atoms with E-state index in [4.69, 9.17) is 5.73 Å². The van der Waals surface area contributed by atoms with Gasteiger partial charge >= 0.3 is 0 Å². The van der Waals surface area contributed by atoms with Gasteiger partial charge < -0.3 is 5.73 Å². The predicted octanol–water partition coefficient (Wildman–Crippen LogP) is 5.66. The summed E-state index contributed by atoms with van der Waals surface area (Å²) in [6.07, 6.45) is 4.27. The molecule has 5 heteroatoms. The van der Waals surface area contributed by atoms with Gasteiger partial charge in [0.25, 0.3) is 0 Å². The van der Waals surface area contributed by atoms with Crippen LogP contribution in [0.1, 0.15) is 65.5 Å². The van der Waals surface area contributed by atoms with Crippen LogP contribution in [-0.4, -0.2) is 15.0 Å². The minimum Gasteiger partial charge on any atom is -0.321 e. The molecule has 0 bridgehead atoms. The lowest BCUT2D eigenvalue weighted by atomic mass is 10.0. The number of hydrogen-bond donors (Lipinski definition) is 1. The molecule has 5 nitrogen and oxygen atoms in total. The second kappa shape index (κ2) is 11.8. The summed E-state index contributed by atoms with van der Waals surface area (Å²) in [4.78, 5) is 13.0. The number of nitrogens with zero attached hydrogens (tertiary/aromatic N) is 4. The first-order valence-corrected chi connectivity index (χ1v) is 9.96. The van der Waals surface area contributed by atoms with E-state index in [2.05, 4.69) is 34.9 Å². The number of aromatic nitrogens is 3. The molecule has 2 N–H and O–H groups in total. The Morgan fingerprint density at radius 3 is 2.18 bits per heavy atom. The zero-order valence-electron chi connectivity index (χ0n) is 17.8. The predicted molar refractivity (Wildman–Crippen MR) is 117 cm³/mol. The van der Waals surface area contributed by atoms with Gasteiger partial charge in [-0.25, -0.2) is 9.97 Å². The number of rotatable bonds is 4. The summed E-state index contributed by atoms with van der Waals surface area (Å²) in [6, 6.07) is 11.6. The van der Waals surface area contributed by atoms with Crippen molar-refractivity contribution in [2.75, 3.05) is 0 Å². The van der Waals surface area contributed by atoms with Crippen LogP contribution in [0.2, 0.25) is 0 Å². The Bertz CT molecular complexity index is 898. The Morgan fingerprint density at radius 2 is 1.61 bits per heavy atom. The van der Waals surface area contributed by atoms with Crippen LogP contribution in [-0.2, 0) is 0 Å². The van der Waals surface area contributed by atoms with Crippen molar-refractivity contribution >= 4 is 10.9 Å². The van der Waals surface area contributed by atoms with Gasteiger partial charge in [0, 0.05) is 17.8 Å². The average molecular weight is 378 g/mol. The Labute approximate surface area is 168 Å². The lowest BCUT2D eigenvalue weighted by molar-refractivity contribution is 0.494. The average Bonchev–Trinajstić information content (AvgIpc) is 2.75. The minimum absolute atomic E-state index is 0.263. The summed E-state index contributed by atoms with van der Waals surface area (Å²) in [5.74, 6) is 0.975. The molecular formula is C23H31N5. The summed E-state index contributed by atoms with van der Waals surface area (Å²) >= 11 is 0. The summed E-state index contributed by atoms with van der Waals surface area (Å²) in [5.41, 5.74) is 9.34. The Balaban J connectivity index is 0.000000921. The maximum atomic E-state index is 9.49. The van der Waals surface area contributed by atoms with Gasteiger partial charge in [0.2, 0.25) is 0 Å². The number of fused-ring (bicyclic) bond motifs is 1. The molecule has 1 aromatic carbocycles. The Kier molecular flexibility index (Phi) is 9.76. The highest BCUT2D eigenvalue weighted by molar-refractivity contribution is 5.87. The number of benzene rings is 1. The van der Waals surface area contributed by atoms with Gasteiger partial charge in [-0.1, -0.05) is 47.6 Å². The first-order valence-electron chi connectivity index (χ1n) is 9.96. The van der Waals surface area contributed by atoms with Crippen LogP contribution in [0.15, 0.2) is 42.7 Å². The zero-order chi connectivity index (χ0) is 21.1. The molecule has 1 unspecified atom stereocenters. The van der Waals surface area contributed by atoms with Crippen LogP contribution < -0.4 is 5.73 Å². The fourth-order valence-electron chi connectivity index (χ4n) is 2.73. The molecule has 0 radical (unpaired) electrons. The molecule has 1 atom stereocenters. The SMILES string of the molecule is CC.CC.CC(C)CC(N)c1nc(C#N)c2cc(-c3ccncc3)ccc2n1. The number of nitrogens with two attached hydrogens (primary N) is 1. The highest BCUT2D eigenvalue weighted by Gasteiger charge is 2.15. The van der Waals surface area contributed by atoms with Crippen molar-refractivity contribution in [3.05, 3.63) is 54.2 Å². The highest BCUT2D eigenvalue weighted by atomic mass is 14.9. The van der Waals surface area contributed by atoms with Gasteiger partial charge in [0.1, 0.15) is 11.9 Å². The monoisotopic (exact) mass is 377 g/mol. The van der Waals surface area contributed by atoms with Crippen LogP contribution in [0.4, 0.5) is 0 Å². The third kappa shape index (κ3) is 5.83. The van der Waals surface area contributed by atoms with Gasteiger partial charge in [-0.3, -0.25) is 4.98 Å². The highest BCUT2D eigenvalue weighted by Crippen LogP contribution is 2.26. The first-order chi connectivity index (χ1) is 13.6. The van der Waals surface area contributed by atoms with E-state index in [1.54, 1.807) is 12.4 Å². The Morgan fingerprint density at radius 1 is 0.964 bits per heavy atom. The second-order valence-corrected chi connectivity index (χ2v) is 6.25. The molecule has 0 aliphatic heterocycles. The summed E-state index contributed by atoms with van der Waals surface area (Å²) in [5, 5.41) is 10.2. The van der Waals surface area contributed by atoms with Gasteiger partial charge in [-0.15, -0.1) is 0 Å². The number of pyridine rings is 1. The lowest BCUT2D eigenvalue weighted by Gasteiger charge is -2.14. The van der Waals surface area contributed by atoms with Crippen molar-refractivity contribution in [2.45, 2.75) is 54.0 Å². The molecule has 0 amide bonds. The number of nitriles is 1. The van der Waals surface area contributed by atoms with E-state index < -0.39 is 0 Å². The molecule has 0 aliphatic carbocycles. The normalized spacial score (nSPS) is 11.0. The van der Waals surface area contributed by atoms with Gasteiger partial charge in [0.05, 0.1) is 11.6 Å². The van der Waals surface area contributed by atoms with E-state index in [9.17, 15) is 5.26 Å². The van der Waals surface area contributed by atoms with Crippen molar-refractivity contribution in [2.24, 2.45) is 11.7 Å². The number of hydrogen-bond acceptors (Lipinski definition) is 5. The van der Waals surface area contributed by atoms with Crippen LogP contribution in [0, 0.1) is 17.2 Å². The standard InChI is InChI=1S/C19H19N5.2C2H6/c1-12(2)9-16(21)19-23-17-4-3-14(13-5-7-22-8-6-13)10-15(17)18(11-20)24-19;2*1-2/h3-8,10,12,16H,9,21H2,1-2H3;2*1-2H3. The van der Waals surface area contributed by atoms with Gasteiger partial charge in [-0.2, -0.15) is 5.26 Å². The van der Waals surface area contributed by atoms with Crippen molar-refractivity contribution in [3.8, 4) is 17.2 Å². The summed E-state index contributed by atoms with van der Waals surface area (Å²) in [6.45, 7) is 12.2. The maximum absolute atomic E-state index is 9.49. The second-order valence-electron chi connectivity index (χ2n) is 6.25. The van der Waals surface area contributed by atoms with Crippen LogP contribution in [0.3, 0.4) is 0 Å². The summed E-state index contributed by atoms with van der Waals surface area (Å²) in [7, 11) is 0. The Hall–Kier alpha value is -2.84. The topological polar surface area (TPSA) is 88.5 Å². The molecule has 3 aromatic rings. The molecular weight excluding hydrogens is 346 g/mol. The molecule has 0 saturated heterocycles. The molecule has 0 aliphatic rings. The third-order valence-electron chi connectivity index (χ3n) is 3.89. The fourth-order valence-corrected chi connectivity index (χ4v) is 2.73. The smallest absolute Gasteiger partial charge is 0.152 e. The van der Waals surface area contributed by atoms with Gasteiger partial charge in [0.15, 0.2) is 5.69 Å². The van der Waals surface area contributed by atoms with Crippen LogP contribution in [0.5, 0.6) is 0 Å². The molecule has 3 rings (SSSR count). The molecule has 0 saturated carbocycles. The van der Waals surface area contributed by atoms with Crippen molar-refractivity contribution in [1.82, 2.24) is 15.0 Å². The zero-order valence-corrected chi connectivity index (χ0v) is 17.8. The largest absolute Gasteiger partial charge is 0.321 e. The molecule has 28 heavy (non-hydrogen) atoms. The van der Waals surface area contributed by atoms with Crippen LogP contribution in [0.25, 0.3) is 22.0 Å². The molecule has 0 spiro atoms. The van der Waals surface area contributed by atoms with Crippen LogP contribution >= 0.6 is 0 Å². The fraction of sp³-hybridized carbons (Fsp3) is 0.391. The lowest BCUT2D eigenvalue weighted by Crippen LogP contribution is -2.17.